The average Bonchev–Trinajstić information content (AvgIpc) is 2.92. The lowest BCUT2D eigenvalue weighted by Crippen LogP contribution is -2.11. The lowest BCUT2D eigenvalue weighted by molar-refractivity contribution is 0.288. The maximum absolute atomic E-state index is 9.12. The molecule has 3 aromatic rings. The van der Waals surface area contributed by atoms with Gasteiger partial charge in [0.05, 0.1) is 23.0 Å². The van der Waals surface area contributed by atoms with Gasteiger partial charge in [-0.1, -0.05) is 29.8 Å². The van der Waals surface area contributed by atoms with E-state index in [9.17, 15) is 0 Å². The Morgan fingerprint density at radius 3 is 2.65 bits per heavy atom. The summed E-state index contributed by atoms with van der Waals surface area (Å²) in [6.07, 6.45) is 0. The molecule has 0 fully saturated rings. The highest BCUT2D eigenvalue weighted by atomic mass is 16.5. The summed E-state index contributed by atoms with van der Waals surface area (Å²) in [6, 6.07) is 18.2. The number of aromatic nitrogens is 2. The molecular formula is C19H19N3O. The van der Waals surface area contributed by atoms with Gasteiger partial charge in [-0.2, -0.15) is 5.26 Å². The van der Waals surface area contributed by atoms with Crippen molar-refractivity contribution in [1.29, 1.82) is 5.26 Å². The SMILES string of the molecule is Cc1ccc(OCc2nc3ccccc3n2CC(C)C#N)cc1. The summed E-state index contributed by atoms with van der Waals surface area (Å²) >= 11 is 0. The van der Waals surface area contributed by atoms with Gasteiger partial charge in [0.2, 0.25) is 0 Å². The lowest BCUT2D eigenvalue weighted by Gasteiger charge is -2.11. The molecule has 0 saturated heterocycles. The van der Waals surface area contributed by atoms with Crippen LogP contribution in [0.1, 0.15) is 18.3 Å². The summed E-state index contributed by atoms with van der Waals surface area (Å²) < 4.78 is 7.95. The van der Waals surface area contributed by atoms with Crippen molar-refractivity contribution in [3.8, 4) is 11.8 Å². The number of benzene rings is 2. The largest absolute Gasteiger partial charge is 0.486 e. The van der Waals surface area contributed by atoms with Crippen molar-refractivity contribution < 1.29 is 4.74 Å². The van der Waals surface area contributed by atoms with Crippen LogP contribution in [-0.4, -0.2) is 9.55 Å². The zero-order valence-electron chi connectivity index (χ0n) is 13.4. The Kier molecular flexibility index (Phi) is 4.29. The number of nitrogens with zero attached hydrogens (tertiary/aromatic N) is 3. The molecule has 0 N–H and O–H groups in total. The molecule has 1 atom stereocenters. The predicted molar refractivity (Wildman–Crippen MR) is 90.0 cm³/mol. The molecule has 4 nitrogen and oxygen atoms in total. The van der Waals surface area contributed by atoms with E-state index in [0.717, 1.165) is 22.6 Å². The van der Waals surface area contributed by atoms with Gasteiger partial charge in [0.15, 0.2) is 0 Å². The Labute approximate surface area is 136 Å². The Morgan fingerprint density at radius 1 is 1.17 bits per heavy atom. The molecule has 0 bridgehead atoms. The molecular weight excluding hydrogens is 286 g/mol. The van der Waals surface area contributed by atoms with Crippen LogP contribution in [-0.2, 0) is 13.2 Å². The first-order chi connectivity index (χ1) is 11.2. The molecule has 0 aliphatic rings. The summed E-state index contributed by atoms with van der Waals surface area (Å²) in [6.45, 7) is 4.96. The van der Waals surface area contributed by atoms with Crippen LogP contribution in [0.15, 0.2) is 48.5 Å². The minimum absolute atomic E-state index is 0.0780. The van der Waals surface area contributed by atoms with Gasteiger partial charge >= 0.3 is 0 Å². The van der Waals surface area contributed by atoms with E-state index < -0.39 is 0 Å². The molecule has 4 heteroatoms. The molecule has 0 aliphatic carbocycles. The zero-order valence-corrected chi connectivity index (χ0v) is 13.4. The van der Waals surface area contributed by atoms with Crippen LogP contribution in [0.3, 0.4) is 0 Å². The smallest absolute Gasteiger partial charge is 0.148 e. The molecule has 116 valence electrons. The molecule has 23 heavy (non-hydrogen) atoms. The van der Waals surface area contributed by atoms with E-state index in [1.54, 1.807) is 0 Å². The van der Waals surface area contributed by atoms with Crippen molar-refractivity contribution in [3.63, 3.8) is 0 Å². The molecule has 1 heterocycles. The second-order valence-corrected chi connectivity index (χ2v) is 5.76. The summed E-state index contributed by atoms with van der Waals surface area (Å²) in [5.74, 6) is 1.59. The van der Waals surface area contributed by atoms with Crippen molar-refractivity contribution in [2.45, 2.75) is 27.0 Å². The number of hydrogen-bond acceptors (Lipinski definition) is 3. The lowest BCUT2D eigenvalue weighted by atomic mass is 10.2. The van der Waals surface area contributed by atoms with Gasteiger partial charge in [-0.25, -0.2) is 4.98 Å². The highest BCUT2D eigenvalue weighted by molar-refractivity contribution is 5.75. The van der Waals surface area contributed by atoms with Gasteiger partial charge in [-0.3, -0.25) is 0 Å². The van der Waals surface area contributed by atoms with Crippen molar-refractivity contribution in [1.82, 2.24) is 9.55 Å². The van der Waals surface area contributed by atoms with E-state index in [4.69, 9.17) is 10.00 Å². The number of ether oxygens (including phenoxy) is 1. The molecule has 1 unspecified atom stereocenters. The summed E-state index contributed by atoms with van der Waals surface area (Å²) in [5, 5.41) is 9.12. The number of para-hydroxylation sites is 2. The molecule has 0 amide bonds. The first-order valence-corrected chi connectivity index (χ1v) is 7.70. The summed E-state index contributed by atoms with van der Waals surface area (Å²) in [7, 11) is 0. The van der Waals surface area contributed by atoms with Gasteiger partial charge in [0, 0.05) is 6.54 Å². The van der Waals surface area contributed by atoms with E-state index in [1.165, 1.54) is 5.56 Å². The van der Waals surface area contributed by atoms with Gasteiger partial charge < -0.3 is 9.30 Å². The molecule has 3 rings (SSSR count). The van der Waals surface area contributed by atoms with E-state index in [2.05, 4.69) is 15.6 Å². The fourth-order valence-corrected chi connectivity index (χ4v) is 2.54. The summed E-state index contributed by atoms with van der Waals surface area (Å²) in [4.78, 5) is 4.66. The normalized spacial score (nSPS) is 12.0. The molecule has 0 aliphatic heterocycles. The van der Waals surface area contributed by atoms with Crippen molar-refractivity contribution in [3.05, 3.63) is 59.9 Å². The van der Waals surface area contributed by atoms with Crippen molar-refractivity contribution in [2.24, 2.45) is 5.92 Å². The Balaban J connectivity index is 1.88. The van der Waals surface area contributed by atoms with Crippen molar-refractivity contribution >= 4 is 11.0 Å². The second-order valence-electron chi connectivity index (χ2n) is 5.76. The minimum atomic E-state index is -0.0780. The number of fused-ring (bicyclic) bond motifs is 1. The van der Waals surface area contributed by atoms with Gasteiger partial charge in [0.25, 0.3) is 0 Å². The molecule has 0 spiro atoms. The molecule has 0 saturated carbocycles. The minimum Gasteiger partial charge on any atom is -0.486 e. The van der Waals surface area contributed by atoms with E-state index in [0.29, 0.717) is 13.2 Å². The fourth-order valence-electron chi connectivity index (χ4n) is 2.54. The maximum Gasteiger partial charge on any atom is 0.148 e. The molecule has 1 aromatic heterocycles. The maximum atomic E-state index is 9.12. The van der Waals surface area contributed by atoms with Crippen molar-refractivity contribution in [2.75, 3.05) is 0 Å². The Bertz CT molecular complexity index is 843. The van der Waals surface area contributed by atoms with E-state index in [-0.39, 0.29) is 5.92 Å². The third-order valence-corrected chi connectivity index (χ3v) is 3.80. The van der Waals surface area contributed by atoms with E-state index in [1.807, 2.05) is 62.4 Å². The quantitative estimate of drug-likeness (QED) is 0.713. The molecule has 0 radical (unpaired) electrons. The fraction of sp³-hybridized carbons (Fsp3) is 0.263. The topological polar surface area (TPSA) is 50.8 Å². The number of nitriles is 1. The number of hydrogen-bond donors (Lipinski definition) is 0. The van der Waals surface area contributed by atoms with Gasteiger partial charge in [-0.05, 0) is 38.1 Å². The highest BCUT2D eigenvalue weighted by Crippen LogP contribution is 2.20. The standard InChI is InChI=1S/C19H19N3O/c1-14-7-9-16(10-8-14)23-13-19-21-17-5-3-4-6-18(17)22(19)12-15(2)11-20/h3-10,15H,12-13H2,1-2H3. The van der Waals surface area contributed by atoms with Crippen LogP contribution in [0.25, 0.3) is 11.0 Å². The van der Waals surface area contributed by atoms with Gasteiger partial charge in [0.1, 0.15) is 18.2 Å². The van der Waals surface area contributed by atoms with Crippen LogP contribution in [0.2, 0.25) is 0 Å². The first-order valence-electron chi connectivity index (χ1n) is 7.70. The predicted octanol–water partition coefficient (Wildman–Crippen LogP) is 4.08. The summed E-state index contributed by atoms with van der Waals surface area (Å²) in [5.41, 5.74) is 3.17. The Morgan fingerprint density at radius 2 is 1.91 bits per heavy atom. The third kappa shape index (κ3) is 3.35. The number of rotatable bonds is 5. The second kappa shape index (κ2) is 6.53. The average molecular weight is 305 g/mol. The highest BCUT2D eigenvalue weighted by Gasteiger charge is 2.13. The first kappa shape index (κ1) is 15.1. The Hall–Kier alpha value is -2.80. The van der Waals surface area contributed by atoms with Crippen LogP contribution in [0.4, 0.5) is 0 Å². The van der Waals surface area contributed by atoms with Crippen LogP contribution in [0, 0.1) is 24.2 Å². The van der Waals surface area contributed by atoms with E-state index >= 15 is 0 Å². The van der Waals surface area contributed by atoms with Crippen LogP contribution in [0.5, 0.6) is 5.75 Å². The van der Waals surface area contributed by atoms with Crippen LogP contribution < -0.4 is 4.74 Å². The van der Waals surface area contributed by atoms with Gasteiger partial charge in [-0.15, -0.1) is 0 Å². The zero-order chi connectivity index (χ0) is 16.2. The third-order valence-electron chi connectivity index (χ3n) is 3.80. The van der Waals surface area contributed by atoms with Crippen LogP contribution >= 0.6 is 0 Å². The number of imidazole rings is 1. The molecule has 2 aromatic carbocycles. The monoisotopic (exact) mass is 305 g/mol. The number of aryl methyl sites for hydroxylation is 1.